The highest BCUT2D eigenvalue weighted by Gasteiger charge is 2.24. The average Bonchev–Trinajstić information content (AvgIpc) is 2.69. The van der Waals surface area contributed by atoms with Crippen LogP contribution in [0.4, 0.5) is 5.69 Å². The fraction of sp³-hybridized carbons (Fsp3) is 0.462. The van der Waals surface area contributed by atoms with E-state index in [0.717, 1.165) is 19.3 Å². The van der Waals surface area contributed by atoms with Crippen molar-refractivity contribution in [3.63, 3.8) is 0 Å². The van der Waals surface area contributed by atoms with Crippen molar-refractivity contribution in [1.29, 1.82) is 0 Å². The van der Waals surface area contributed by atoms with Crippen LogP contribution < -0.4 is 11.1 Å². The van der Waals surface area contributed by atoms with Crippen molar-refractivity contribution in [2.75, 3.05) is 5.73 Å². The summed E-state index contributed by atoms with van der Waals surface area (Å²) in [6.45, 7) is 2.19. The van der Waals surface area contributed by atoms with Gasteiger partial charge in [0.25, 0.3) is 5.91 Å². The normalized spacial score (nSPS) is 23.1. The lowest BCUT2D eigenvalue weighted by molar-refractivity contribution is 0.0937. The van der Waals surface area contributed by atoms with Crippen LogP contribution >= 0.6 is 23.2 Å². The number of rotatable bonds is 2. The predicted octanol–water partition coefficient (Wildman–Crippen LogP) is 3.49. The van der Waals surface area contributed by atoms with Crippen LogP contribution in [-0.4, -0.2) is 11.9 Å². The molecule has 0 saturated heterocycles. The summed E-state index contributed by atoms with van der Waals surface area (Å²) >= 11 is 11.9. The maximum absolute atomic E-state index is 12.1. The van der Waals surface area contributed by atoms with Crippen LogP contribution in [0.5, 0.6) is 0 Å². The summed E-state index contributed by atoms with van der Waals surface area (Å²) in [6, 6.07) is 3.32. The maximum atomic E-state index is 12.1. The van der Waals surface area contributed by atoms with E-state index in [1.807, 2.05) is 0 Å². The predicted molar refractivity (Wildman–Crippen MR) is 75.1 cm³/mol. The minimum absolute atomic E-state index is 0.201. The molecule has 1 fully saturated rings. The lowest BCUT2D eigenvalue weighted by Crippen LogP contribution is -2.33. The summed E-state index contributed by atoms with van der Waals surface area (Å²) in [7, 11) is 0. The lowest BCUT2D eigenvalue weighted by atomic mass is 10.1. The van der Waals surface area contributed by atoms with Gasteiger partial charge in [-0.15, -0.1) is 0 Å². The van der Waals surface area contributed by atoms with Gasteiger partial charge >= 0.3 is 0 Å². The topological polar surface area (TPSA) is 55.1 Å². The minimum Gasteiger partial charge on any atom is -0.399 e. The van der Waals surface area contributed by atoms with Crippen LogP contribution in [-0.2, 0) is 0 Å². The number of nitrogens with two attached hydrogens (primary N) is 1. The van der Waals surface area contributed by atoms with Crippen LogP contribution in [0.2, 0.25) is 10.0 Å². The standard InChI is InChI=1S/C13H16Cl2N2O/c1-7-2-3-9(4-7)17-13(18)10-5-8(16)6-11(14)12(10)15/h5-7,9H,2-4,16H2,1H3,(H,17,18). The van der Waals surface area contributed by atoms with Gasteiger partial charge in [0.15, 0.2) is 0 Å². The third kappa shape index (κ3) is 2.90. The number of nitrogens with one attached hydrogen (secondary N) is 1. The Morgan fingerprint density at radius 3 is 2.72 bits per heavy atom. The number of nitrogen functional groups attached to an aromatic ring is 1. The van der Waals surface area contributed by atoms with Gasteiger partial charge in [-0.3, -0.25) is 4.79 Å². The summed E-state index contributed by atoms with van der Waals surface area (Å²) < 4.78 is 0. The highest BCUT2D eigenvalue weighted by atomic mass is 35.5. The molecule has 1 aromatic rings. The molecule has 2 rings (SSSR count). The molecular formula is C13H16Cl2N2O. The van der Waals surface area contributed by atoms with Gasteiger partial charge in [0, 0.05) is 11.7 Å². The van der Waals surface area contributed by atoms with Crippen molar-refractivity contribution >= 4 is 34.8 Å². The van der Waals surface area contributed by atoms with Gasteiger partial charge in [-0.05, 0) is 37.3 Å². The number of hydrogen-bond acceptors (Lipinski definition) is 2. The zero-order valence-corrected chi connectivity index (χ0v) is 11.7. The summed E-state index contributed by atoms with van der Waals surface area (Å²) in [5.41, 5.74) is 6.46. The average molecular weight is 287 g/mol. The number of amides is 1. The van der Waals surface area contributed by atoms with Gasteiger partial charge in [0.05, 0.1) is 15.6 Å². The number of benzene rings is 1. The smallest absolute Gasteiger partial charge is 0.253 e. The molecule has 1 saturated carbocycles. The van der Waals surface area contributed by atoms with E-state index in [0.29, 0.717) is 22.2 Å². The zero-order valence-electron chi connectivity index (χ0n) is 10.2. The molecule has 0 bridgehead atoms. The van der Waals surface area contributed by atoms with Crippen LogP contribution in [0.3, 0.4) is 0 Å². The fourth-order valence-electron chi connectivity index (χ4n) is 2.38. The molecule has 0 aromatic heterocycles. The van der Waals surface area contributed by atoms with Crippen molar-refractivity contribution < 1.29 is 4.79 Å². The molecule has 0 spiro atoms. The Hall–Kier alpha value is -0.930. The molecule has 3 nitrogen and oxygen atoms in total. The molecule has 1 aromatic carbocycles. The van der Waals surface area contributed by atoms with Gasteiger partial charge in [0.2, 0.25) is 0 Å². The van der Waals surface area contributed by atoms with Gasteiger partial charge in [0.1, 0.15) is 0 Å². The van der Waals surface area contributed by atoms with E-state index in [2.05, 4.69) is 12.2 Å². The van der Waals surface area contributed by atoms with Crippen LogP contribution in [0.15, 0.2) is 12.1 Å². The second-order valence-electron chi connectivity index (χ2n) is 4.95. The number of hydrogen-bond donors (Lipinski definition) is 2. The van der Waals surface area contributed by atoms with Crippen LogP contribution in [0, 0.1) is 5.92 Å². The molecule has 1 aliphatic rings. The van der Waals surface area contributed by atoms with E-state index in [4.69, 9.17) is 28.9 Å². The molecule has 5 heteroatoms. The van der Waals surface area contributed by atoms with Crippen molar-refractivity contribution in [2.24, 2.45) is 5.92 Å². The first-order valence-corrected chi connectivity index (χ1v) is 6.78. The molecule has 0 heterocycles. The first-order chi connectivity index (χ1) is 8.47. The summed E-state index contributed by atoms with van der Waals surface area (Å²) in [5, 5.41) is 3.55. The van der Waals surface area contributed by atoms with Crippen molar-refractivity contribution in [3.8, 4) is 0 Å². The summed E-state index contributed by atoms with van der Waals surface area (Å²) in [4.78, 5) is 12.1. The van der Waals surface area contributed by atoms with E-state index < -0.39 is 0 Å². The summed E-state index contributed by atoms with van der Waals surface area (Å²) in [6.07, 6.45) is 3.18. The SMILES string of the molecule is CC1CCC(NC(=O)c2cc(N)cc(Cl)c2Cl)C1. The highest BCUT2D eigenvalue weighted by Crippen LogP contribution is 2.30. The van der Waals surface area contributed by atoms with Crippen LogP contribution in [0.25, 0.3) is 0 Å². The number of halogens is 2. The van der Waals surface area contributed by atoms with Gasteiger partial charge in [-0.2, -0.15) is 0 Å². The molecule has 1 amide bonds. The second-order valence-corrected chi connectivity index (χ2v) is 5.74. The Morgan fingerprint density at radius 1 is 1.39 bits per heavy atom. The largest absolute Gasteiger partial charge is 0.399 e. The highest BCUT2D eigenvalue weighted by molar-refractivity contribution is 6.44. The Balaban J connectivity index is 2.14. The van der Waals surface area contributed by atoms with Gasteiger partial charge in [-0.1, -0.05) is 30.1 Å². The van der Waals surface area contributed by atoms with Gasteiger partial charge in [-0.25, -0.2) is 0 Å². The number of anilines is 1. The first-order valence-electron chi connectivity index (χ1n) is 6.02. The molecule has 2 atom stereocenters. The van der Waals surface area contributed by atoms with E-state index in [9.17, 15) is 4.79 Å². The Morgan fingerprint density at radius 2 is 2.11 bits per heavy atom. The Labute approximate surface area is 117 Å². The molecule has 0 aliphatic heterocycles. The molecule has 0 radical (unpaired) electrons. The molecule has 1 aliphatic carbocycles. The molecule has 98 valence electrons. The molecular weight excluding hydrogens is 271 g/mol. The van der Waals surface area contributed by atoms with Crippen molar-refractivity contribution in [3.05, 3.63) is 27.7 Å². The van der Waals surface area contributed by atoms with Crippen LogP contribution in [0.1, 0.15) is 36.5 Å². The number of carbonyl (C=O) groups excluding carboxylic acids is 1. The van der Waals surface area contributed by atoms with Crippen molar-refractivity contribution in [2.45, 2.75) is 32.2 Å². The quantitative estimate of drug-likeness (QED) is 0.818. The zero-order chi connectivity index (χ0) is 13.3. The van der Waals surface area contributed by atoms with E-state index in [1.165, 1.54) is 6.07 Å². The lowest BCUT2D eigenvalue weighted by Gasteiger charge is -2.14. The monoisotopic (exact) mass is 286 g/mol. The second kappa shape index (κ2) is 5.37. The number of carbonyl (C=O) groups is 1. The van der Waals surface area contributed by atoms with Gasteiger partial charge < -0.3 is 11.1 Å². The summed E-state index contributed by atoms with van der Waals surface area (Å²) in [5.74, 6) is 0.462. The third-order valence-corrected chi connectivity index (χ3v) is 4.13. The fourth-order valence-corrected chi connectivity index (χ4v) is 2.80. The third-order valence-electron chi connectivity index (χ3n) is 3.33. The molecule has 2 unspecified atom stereocenters. The minimum atomic E-state index is -0.201. The van der Waals surface area contributed by atoms with E-state index >= 15 is 0 Å². The Bertz CT molecular complexity index is 476. The molecule has 18 heavy (non-hydrogen) atoms. The van der Waals surface area contributed by atoms with E-state index in [1.54, 1.807) is 6.07 Å². The van der Waals surface area contributed by atoms with Crippen molar-refractivity contribution in [1.82, 2.24) is 5.32 Å². The Kier molecular flexibility index (Phi) is 4.03. The maximum Gasteiger partial charge on any atom is 0.253 e. The van der Waals surface area contributed by atoms with E-state index in [-0.39, 0.29) is 17.0 Å². The first kappa shape index (κ1) is 13.5. The molecule has 3 N–H and O–H groups in total.